The molecule has 0 rings (SSSR count). The first kappa shape index (κ1) is 16.2. The number of hydrogen-bond donors (Lipinski definition) is 1. The molecular formula is C12H22ClNO3. The number of alkyl halides is 1. The van der Waals surface area contributed by atoms with Gasteiger partial charge in [0.15, 0.2) is 0 Å². The molecule has 17 heavy (non-hydrogen) atoms. The van der Waals surface area contributed by atoms with Crippen LogP contribution in [0.5, 0.6) is 0 Å². The second-order valence-corrected chi connectivity index (χ2v) is 4.80. The number of ether oxygens (including phenoxy) is 1. The van der Waals surface area contributed by atoms with Crippen LogP contribution < -0.4 is 5.32 Å². The smallest absolute Gasteiger partial charge is 0.328 e. The number of hydrogen-bond acceptors (Lipinski definition) is 3. The van der Waals surface area contributed by atoms with Gasteiger partial charge in [0.2, 0.25) is 5.91 Å². The third-order valence-electron chi connectivity index (χ3n) is 2.32. The van der Waals surface area contributed by atoms with Gasteiger partial charge in [-0.2, -0.15) is 0 Å². The third-order valence-corrected chi connectivity index (χ3v) is 2.58. The molecule has 0 aliphatic heterocycles. The lowest BCUT2D eigenvalue weighted by molar-refractivity contribution is -0.145. The second kappa shape index (κ2) is 9.28. The minimum atomic E-state index is -0.538. The minimum absolute atomic E-state index is 0.119. The molecule has 100 valence electrons. The van der Waals surface area contributed by atoms with Gasteiger partial charge in [0.25, 0.3) is 0 Å². The quantitative estimate of drug-likeness (QED) is 0.415. The molecule has 0 aromatic rings. The monoisotopic (exact) mass is 263 g/mol. The van der Waals surface area contributed by atoms with Crippen molar-refractivity contribution in [1.82, 2.24) is 5.32 Å². The van der Waals surface area contributed by atoms with E-state index in [4.69, 9.17) is 11.6 Å². The fourth-order valence-electron chi connectivity index (χ4n) is 1.47. The third kappa shape index (κ3) is 8.02. The number of rotatable bonds is 8. The van der Waals surface area contributed by atoms with E-state index in [9.17, 15) is 9.59 Å². The lowest BCUT2D eigenvalue weighted by Gasteiger charge is -2.18. The van der Waals surface area contributed by atoms with Crippen molar-refractivity contribution in [2.75, 3.05) is 13.0 Å². The molecule has 1 N–H and O–H groups in total. The molecule has 0 aliphatic carbocycles. The first-order chi connectivity index (χ1) is 8.01. The highest BCUT2D eigenvalue weighted by Crippen LogP contribution is 2.07. The number of amides is 1. The molecule has 0 radical (unpaired) electrons. The molecule has 1 amide bonds. The van der Waals surface area contributed by atoms with Crippen LogP contribution in [0.3, 0.4) is 0 Å². The Morgan fingerprint density at radius 1 is 1.29 bits per heavy atom. The normalized spacial score (nSPS) is 12.3. The maximum Gasteiger partial charge on any atom is 0.328 e. The first-order valence-corrected chi connectivity index (χ1v) is 6.47. The Balaban J connectivity index is 4.13. The lowest BCUT2D eigenvalue weighted by atomic mass is 10.0. The first-order valence-electron chi connectivity index (χ1n) is 5.94. The Morgan fingerprint density at radius 3 is 2.41 bits per heavy atom. The molecule has 0 fully saturated rings. The summed E-state index contributed by atoms with van der Waals surface area (Å²) in [7, 11) is 1.33. The summed E-state index contributed by atoms with van der Waals surface area (Å²) in [6.45, 7) is 3.99. The summed E-state index contributed by atoms with van der Waals surface area (Å²) in [4.78, 5) is 23.0. The average molecular weight is 264 g/mol. The van der Waals surface area contributed by atoms with Crippen molar-refractivity contribution < 1.29 is 14.3 Å². The van der Waals surface area contributed by atoms with Crippen molar-refractivity contribution in [2.45, 2.75) is 45.6 Å². The van der Waals surface area contributed by atoms with E-state index in [0.29, 0.717) is 24.6 Å². The SMILES string of the molecule is COC(=O)[C@H](CC(C)C)NC(=O)CCCCCl. The zero-order valence-electron chi connectivity index (χ0n) is 10.8. The molecule has 0 aromatic heterocycles. The maximum absolute atomic E-state index is 11.6. The van der Waals surface area contributed by atoms with Crippen LogP contribution in [0, 0.1) is 5.92 Å². The van der Waals surface area contributed by atoms with Gasteiger partial charge >= 0.3 is 5.97 Å². The Hall–Kier alpha value is -0.770. The van der Waals surface area contributed by atoms with E-state index >= 15 is 0 Å². The van der Waals surface area contributed by atoms with Gasteiger partial charge in [-0.1, -0.05) is 13.8 Å². The van der Waals surface area contributed by atoms with Gasteiger partial charge in [-0.3, -0.25) is 4.79 Å². The molecule has 0 spiro atoms. The Morgan fingerprint density at radius 2 is 1.94 bits per heavy atom. The zero-order valence-corrected chi connectivity index (χ0v) is 11.5. The topological polar surface area (TPSA) is 55.4 Å². The van der Waals surface area contributed by atoms with Crippen molar-refractivity contribution in [3.05, 3.63) is 0 Å². The predicted octanol–water partition coefficient (Wildman–Crippen LogP) is 2.10. The van der Waals surface area contributed by atoms with Gasteiger partial charge < -0.3 is 10.1 Å². The predicted molar refractivity (Wildman–Crippen MR) is 68.0 cm³/mol. The maximum atomic E-state index is 11.6. The van der Waals surface area contributed by atoms with Crippen LogP contribution in [0.2, 0.25) is 0 Å². The second-order valence-electron chi connectivity index (χ2n) is 4.42. The highest BCUT2D eigenvalue weighted by atomic mass is 35.5. The molecular weight excluding hydrogens is 242 g/mol. The van der Waals surface area contributed by atoms with E-state index < -0.39 is 6.04 Å². The lowest BCUT2D eigenvalue weighted by Crippen LogP contribution is -2.42. The number of carbonyl (C=O) groups excluding carboxylic acids is 2. The highest BCUT2D eigenvalue weighted by Gasteiger charge is 2.22. The van der Waals surface area contributed by atoms with Crippen LogP contribution in [0.15, 0.2) is 0 Å². The summed E-state index contributed by atoms with van der Waals surface area (Å²) in [5.41, 5.74) is 0. The van der Waals surface area contributed by atoms with E-state index in [1.54, 1.807) is 0 Å². The molecule has 0 saturated heterocycles. The fraction of sp³-hybridized carbons (Fsp3) is 0.833. The Labute approximate surface area is 108 Å². The summed E-state index contributed by atoms with van der Waals surface area (Å²) < 4.78 is 4.66. The van der Waals surface area contributed by atoms with Crippen LogP contribution in [-0.2, 0) is 14.3 Å². The number of unbranched alkanes of at least 4 members (excludes halogenated alkanes) is 1. The summed E-state index contributed by atoms with van der Waals surface area (Å²) in [6, 6.07) is -0.538. The van der Waals surface area contributed by atoms with E-state index in [0.717, 1.165) is 12.8 Å². The van der Waals surface area contributed by atoms with Crippen molar-refractivity contribution >= 4 is 23.5 Å². The molecule has 5 heteroatoms. The molecule has 1 atom stereocenters. The van der Waals surface area contributed by atoms with Crippen molar-refractivity contribution in [3.8, 4) is 0 Å². The van der Waals surface area contributed by atoms with Gasteiger partial charge in [0, 0.05) is 12.3 Å². The summed E-state index contributed by atoms with van der Waals surface area (Å²) in [5, 5.41) is 2.70. The minimum Gasteiger partial charge on any atom is -0.467 e. The van der Waals surface area contributed by atoms with E-state index in [-0.39, 0.29) is 11.9 Å². The van der Waals surface area contributed by atoms with E-state index in [2.05, 4.69) is 10.1 Å². The number of methoxy groups -OCH3 is 1. The van der Waals surface area contributed by atoms with Crippen molar-refractivity contribution in [2.24, 2.45) is 5.92 Å². The zero-order chi connectivity index (χ0) is 13.3. The van der Waals surface area contributed by atoms with Gasteiger partial charge in [-0.15, -0.1) is 11.6 Å². The van der Waals surface area contributed by atoms with Gasteiger partial charge in [-0.05, 0) is 25.2 Å². The summed E-state index contributed by atoms with van der Waals surface area (Å²) in [5.74, 6) is 0.373. The molecule has 0 aromatic carbocycles. The van der Waals surface area contributed by atoms with Crippen LogP contribution in [0.25, 0.3) is 0 Å². The highest BCUT2D eigenvalue weighted by molar-refractivity contribution is 6.17. The largest absolute Gasteiger partial charge is 0.467 e. The van der Waals surface area contributed by atoms with Crippen LogP contribution in [0.4, 0.5) is 0 Å². The standard InChI is InChI=1S/C12H22ClNO3/c1-9(2)8-10(12(16)17-3)14-11(15)6-4-5-7-13/h9-10H,4-8H2,1-3H3,(H,14,15)/t10-/m0/s1. The molecule has 0 saturated carbocycles. The summed E-state index contributed by atoms with van der Waals surface area (Å²) >= 11 is 5.53. The van der Waals surface area contributed by atoms with Gasteiger partial charge in [0.05, 0.1) is 7.11 Å². The van der Waals surface area contributed by atoms with Crippen LogP contribution in [0.1, 0.15) is 39.5 Å². The number of esters is 1. The molecule has 0 heterocycles. The molecule has 4 nitrogen and oxygen atoms in total. The number of nitrogens with one attached hydrogen (secondary N) is 1. The molecule has 0 unspecified atom stereocenters. The molecule has 0 aliphatic rings. The van der Waals surface area contributed by atoms with E-state index in [1.165, 1.54) is 7.11 Å². The van der Waals surface area contributed by atoms with E-state index in [1.807, 2.05) is 13.8 Å². The number of carbonyl (C=O) groups is 2. The Bertz CT molecular complexity index is 244. The summed E-state index contributed by atoms with van der Waals surface area (Å²) in [6.07, 6.45) is 2.54. The average Bonchev–Trinajstić information content (AvgIpc) is 2.27. The van der Waals surface area contributed by atoms with Crippen LogP contribution in [-0.4, -0.2) is 30.9 Å². The van der Waals surface area contributed by atoms with Gasteiger partial charge in [-0.25, -0.2) is 4.79 Å². The van der Waals surface area contributed by atoms with Gasteiger partial charge in [0.1, 0.15) is 6.04 Å². The fourth-order valence-corrected chi connectivity index (χ4v) is 1.66. The Kier molecular flexibility index (Phi) is 8.86. The number of halogens is 1. The van der Waals surface area contributed by atoms with Crippen LogP contribution >= 0.6 is 11.6 Å². The van der Waals surface area contributed by atoms with Crippen molar-refractivity contribution in [1.29, 1.82) is 0 Å². The van der Waals surface area contributed by atoms with Crippen molar-refractivity contribution in [3.63, 3.8) is 0 Å². The molecule has 0 bridgehead atoms.